The minimum atomic E-state index is -4.79. The number of benzene rings is 3. The van der Waals surface area contributed by atoms with Gasteiger partial charge in [0.1, 0.15) is 5.75 Å². The molecule has 10 heteroatoms. The molecule has 0 radical (unpaired) electrons. The van der Waals surface area contributed by atoms with Gasteiger partial charge in [-0.25, -0.2) is 9.48 Å². The summed E-state index contributed by atoms with van der Waals surface area (Å²) >= 11 is 0. The standard InChI is InChI=1S/C24H19F3N4O3/c1-16-15-22(31(30-16)18-7-3-2-4-8-18)33-21-10-6-5-9-20(21)29-23(32)28-17-11-13-19(14-12-17)34-24(25,26)27/h2-15H,1H3,(H2,28,29,32). The maximum absolute atomic E-state index is 12.5. The lowest BCUT2D eigenvalue weighted by Crippen LogP contribution is -2.20. The van der Waals surface area contributed by atoms with E-state index in [1.165, 1.54) is 12.1 Å². The van der Waals surface area contributed by atoms with Crippen LogP contribution in [0.3, 0.4) is 0 Å². The van der Waals surface area contributed by atoms with Gasteiger partial charge >= 0.3 is 12.4 Å². The van der Waals surface area contributed by atoms with Crippen LogP contribution in [0.5, 0.6) is 17.4 Å². The third-order valence-electron chi connectivity index (χ3n) is 4.50. The first-order valence-corrected chi connectivity index (χ1v) is 10.1. The molecule has 174 valence electrons. The predicted molar refractivity (Wildman–Crippen MR) is 121 cm³/mol. The summed E-state index contributed by atoms with van der Waals surface area (Å²) in [6.07, 6.45) is -4.79. The lowest BCUT2D eigenvalue weighted by Gasteiger charge is -2.14. The molecule has 4 rings (SSSR count). The maximum atomic E-state index is 12.5. The number of rotatable bonds is 6. The number of hydrogen-bond donors (Lipinski definition) is 2. The van der Waals surface area contributed by atoms with Crippen molar-refractivity contribution in [3.05, 3.63) is 90.6 Å². The molecule has 0 bridgehead atoms. The van der Waals surface area contributed by atoms with Crippen molar-refractivity contribution in [2.75, 3.05) is 10.6 Å². The first kappa shape index (κ1) is 22.7. The Bertz CT molecular complexity index is 1270. The van der Waals surface area contributed by atoms with Gasteiger partial charge in [-0.15, -0.1) is 13.2 Å². The minimum absolute atomic E-state index is 0.281. The van der Waals surface area contributed by atoms with Crippen LogP contribution in [0.2, 0.25) is 0 Å². The summed E-state index contributed by atoms with van der Waals surface area (Å²) in [7, 11) is 0. The highest BCUT2D eigenvalue weighted by molar-refractivity contribution is 6.00. The van der Waals surface area contributed by atoms with Crippen LogP contribution in [0.4, 0.5) is 29.3 Å². The average Bonchev–Trinajstić information content (AvgIpc) is 3.16. The third-order valence-corrected chi connectivity index (χ3v) is 4.50. The van der Waals surface area contributed by atoms with Gasteiger partial charge < -0.3 is 20.1 Å². The van der Waals surface area contributed by atoms with Crippen LogP contribution in [-0.2, 0) is 0 Å². The number of carbonyl (C=O) groups excluding carboxylic acids is 1. The van der Waals surface area contributed by atoms with Crippen LogP contribution in [0.15, 0.2) is 84.9 Å². The van der Waals surface area contributed by atoms with Crippen LogP contribution >= 0.6 is 0 Å². The Labute approximate surface area is 192 Å². The molecule has 2 amide bonds. The number of carbonyl (C=O) groups is 1. The zero-order valence-corrected chi connectivity index (χ0v) is 17.8. The normalized spacial score (nSPS) is 11.1. The molecule has 1 heterocycles. The molecule has 34 heavy (non-hydrogen) atoms. The summed E-state index contributed by atoms with van der Waals surface area (Å²) in [4.78, 5) is 12.5. The smallest absolute Gasteiger partial charge is 0.437 e. The number of amides is 2. The Morgan fingerprint density at radius 3 is 2.29 bits per heavy atom. The van der Waals surface area contributed by atoms with Crippen LogP contribution in [-0.4, -0.2) is 22.2 Å². The summed E-state index contributed by atoms with van der Waals surface area (Å²) in [5.74, 6) is 0.449. The number of aromatic nitrogens is 2. The van der Waals surface area contributed by atoms with Gasteiger partial charge in [-0.05, 0) is 55.5 Å². The molecule has 3 aromatic carbocycles. The number of ether oxygens (including phenoxy) is 2. The van der Waals surface area contributed by atoms with Crippen molar-refractivity contribution in [1.82, 2.24) is 9.78 Å². The first-order chi connectivity index (χ1) is 16.3. The monoisotopic (exact) mass is 468 g/mol. The molecular weight excluding hydrogens is 449 g/mol. The summed E-state index contributed by atoms with van der Waals surface area (Å²) in [6, 6.07) is 22.3. The fourth-order valence-corrected chi connectivity index (χ4v) is 3.10. The number of anilines is 2. The zero-order valence-electron chi connectivity index (χ0n) is 17.8. The first-order valence-electron chi connectivity index (χ1n) is 10.1. The second kappa shape index (κ2) is 9.57. The highest BCUT2D eigenvalue weighted by Gasteiger charge is 2.31. The lowest BCUT2D eigenvalue weighted by atomic mass is 10.3. The molecule has 0 aliphatic carbocycles. The molecule has 7 nitrogen and oxygen atoms in total. The Hall–Kier alpha value is -4.47. The number of alkyl halides is 3. The quantitative estimate of drug-likeness (QED) is 0.338. The SMILES string of the molecule is Cc1cc(Oc2ccccc2NC(=O)Nc2ccc(OC(F)(F)F)cc2)n(-c2ccccc2)n1. The largest absolute Gasteiger partial charge is 0.573 e. The third kappa shape index (κ3) is 5.85. The highest BCUT2D eigenvalue weighted by Crippen LogP contribution is 2.31. The average molecular weight is 468 g/mol. The van der Waals surface area contributed by atoms with E-state index < -0.39 is 12.4 Å². The second-order valence-corrected chi connectivity index (χ2v) is 7.12. The fourth-order valence-electron chi connectivity index (χ4n) is 3.10. The van der Waals surface area contributed by atoms with E-state index in [0.29, 0.717) is 17.3 Å². The predicted octanol–water partition coefficient (Wildman–Crippen LogP) is 6.52. The Morgan fingerprint density at radius 2 is 1.59 bits per heavy atom. The molecule has 0 aliphatic heterocycles. The molecule has 1 aromatic heterocycles. The molecule has 0 saturated carbocycles. The van der Waals surface area contributed by atoms with E-state index in [4.69, 9.17) is 4.74 Å². The number of para-hydroxylation sites is 3. The number of nitrogens with one attached hydrogen (secondary N) is 2. The van der Waals surface area contributed by atoms with Gasteiger partial charge in [0.15, 0.2) is 5.75 Å². The molecule has 0 spiro atoms. The summed E-state index contributed by atoms with van der Waals surface area (Å²) in [5, 5.41) is 9.70. The van der Waals surface area contributed by atoms with Gasteiger partial charge in [-0.3, -0.25) is 0 Å². The van der Waals surface area contributed by atoms with Crippen molar-refractivity contribution in [3.8, 4) is 23.1 Å². The van der Waals surface area contributed by atoms with Gasteiger partial charge in [0, 0.05) is 11.8 Å². The van der Waals surface area contributed by atoms with Crippen LogP contribution in [0.25, 0.3) is 5.69 Å². The van der Waals surface area contributed by atoms with E-state index in [0.717, 1.165) is 23.5 Å². The molecular formula is C24H19F3N4O3. The van der Waals surface area contributed by atoms with E-state index >= 15 is 0 Å². The molecule has 4 aromatic rings. The van der Waals surface area contributed by atoms with Gasteiger partial charge in [-0.2, -0.15) is 5.10 Å². The van der Waals surface area contributed by atoms with E-state index in [2.05, 4.69) is 20.5 Å². The van der Waals surface area contributed by atoms with E-state index in [9.17, 15) is 18.0 Å². The van der Waals surface area contributed by atoms with E-state index in [-0.39, 0.29) is 11.4 Å². The zero-order chi connectivity index (χ0) is 24.1. The number of halogens is 3. The van der Waals surface area contributed by atoms with E-state index in [1.54, 1.807) is 35.0 Å². The maximum Gasteiger partial charge on any atom is 0.573 e. The van der Waals surface area contributed by atoms with Crippen molar-refractivity contribution in [1.29, 1.82) is 0 Å². The van der Waals surface area contributed by atoms with Crippen molar-refractivity contribution in [2.45, 2.75) is 13.3 Å². The van der Waals surface area contributed by atoms with Crippen molar-refractivity contribution < 1.29 is 27.4 Å². The number of urea groups is 1. The van der Waals surface area contributed by atoms with Crippen LogP contribution < -0.4 is 20.1 Å². The number of nitrogens with zero attached hydrogens (tertiary/aromatic N) is 2. The van der Waals surface area contributed by atoms with Crippen molar-refractivity contribution in [3.63, 3.8) is 0 Å². The Morgan fingerprint density at radius 1 is 0.912 bits per heavy atom. The molecule has 0 saturated heterocycles. The minimum Gasteiger partial charge on any atom is -0.437 e. The lowest BCUT2D eigenvalue weighted by molar-refractivity contribution is -0.274. The van der Waals surface area contributed by atoms with Gasteiger partial charge in [0.25, 0.3) is 0 Å². The molecule has 0 fully saturated rings. The molecule has 0 aliphatic rings. The fraction of sp³-hybridized carbons (Fsp3) is 0.0833. The second-order valence-electron chi connectivity index (χ2n) is 7.12. The topological polar surface area (TPSA) is 77.4 Å². The van der Waals surface area contributed by atoms with Gasteiger partial charge in [-0.1, -0.05) is 30.3 Å². The van der Waals surface area contributed by atoms with Gasteiger partial charge in [0.05, 0.1) is 17.1 Å². The highest BCUT2D eigenvalue weighted by atomic mass is 19.4. The number of aryl methyl sites for hydroxylation is 1. The Balaban J connectivity index is 1.47. The summed E-state index contributed by atoms with van der Waals surface area (Å²) in [5.41, 5.74) is 2.23. The molecule has 0 atom stereocenters. The molecule has 0 unspecified atom stereocenters. The van der Waals surface area contributed by atoms with Crippen molar-refractivity contribution >= 4 is 17.4 Å². The summed E-state index contributed by atoms with van der Waals surface area (Å²) in [6.45, 7) is 1.84. The number of hydrogen-bond acceptors (Lipinski definition) is 4. The van der Waals surface area contributed by atoms with Gasteiger partial charge in [0.2, 0.25) is 5.88 Å². The Kier molecular flexibility index (Phi) is 6.39. The van der Waals surface area contributed by atoms with Crippen molar-refractivity contribution in [2.24, 2.45) is 0 Å². The van der Waals surface area contributed by atoms with Crippen LogP contribution in [0.1, 0.15) is 5.69 Å². The van der Waals surface area contributed by atoms with Crippen LogP contribution in [0, 0.1) is 6.92 Å². The van der Waals surface area contributed by atoms with E-state index in [1.807, 2.05) is 37.3 Å². The molecule has 2 N–H and O–H groups in total. The summed E-state index contributed by atoms with van der Waals surface area (Å²) < 4.78 is 48.4.